The number of para-hydroxylation sites is 2. The molecule has 2 aromatic rings. The largest absolute Gasteiger partial charge is 0.492 e. The Morgan fingerprint density at radius 2 is 1.75 bits per heavy atom. The quantitative estimate of drug-likeness (QED) is 0.456. The van der Waals surface area contributed by atoms with Crippen LogP contribution in [0.15, 0.2) is 48.5 Å². The summed E-state index contributed by atoms with van der Waals surface area (Å²) < 4.78 is 32.0. The van der Waals surface area contributed by atoms with Crippen molar-refractivity contribution in [2.24, 2.45) is 5.92 Å². The Labute approximate surface area is 193 Å². The Hall–Kier alpha value is -2.54. The summed E-state index contributed by atoms with van der Waals surface area (Å²) in [6.07, 6.45) is 5.68. The Kier molecular flexibility index (Phi) is 10.0. The van der Waals surface area contributed by atoms with Crippen LogP contribution in [-0.2, 0) is 16.6 Å². The molecule has 0 saturated carbocycles. The Morgan fingerprint density at radius 3 is 2.34 bits per heavy atom. The number of benzene rings is 2. The van der Waals surface area contributed by atoms with E-state index >= 15 is 0 Å². The second-order valence-electron chi connectivity index (χ2n) is 7.99. The first-order valence-corrected chi connectivity index (χ1v) is 13.2. The normalized spacial score (nSPS) is 12.2. The lowest BCUT2D eigenvalue weighted by molar-refractivity contribution is 0.0946. The Morgan fingerprint density at radius 1 is 1.06 bits per heavy atom. The van der Waals surface area contributed by atoms with Crippen molar-refractivity contribution < 1.29 is 17.9 Å². The van der Waals surface area contributed by atoms with Crippen LogP contribution in [0.5, 0.6) is 5.75 Å². The third-order valence-electron chi connectivity index (χ3n) is 5.47. The van der Waals surface area contributed by atoms with Gasteiger partial charge in [-0.05, 0) is 49.1 Å². The highest BCUT2D eigenvalue weighted by molar-refractivity contribution is 7.92. The summed E-state index contributed by atoms with van der Waals surface area (Å²) in [5.41, 5.74) is 1.85. The topological polar surface area (TPSA) is 75.7 Å². The SMILES string of the molecule is CCCCC(CC)CNC(=O)c1ccc(CN(c2ccccc2OCC)S(C)(=O)=O)cc1. The molecule has 6 nitrogen and oxygen atoms in total. The molecule has 32 heavy (non-hydrogen) atoms. The molecule has 0 bridgehead atoms. The molecule has 0 spiro atoms. The maximum absolute atomic E-state index is 12.5. The third kappa shape index (κ3) is 7.55. The zero-order chi connectivity index (χ0) is 23.6. The van der Waals surface area contributed by atoms with E-state index in [9.17, 15) is 13.2 Å². The number of amides is 1. The van der Waals surface area contributed by atoms with E-state index in [1.165, 1.54) is 17.0 Å². The van der Waals surface area contributed by atoms with Crippen LogP contribution in [0.3, 0.4) is 0 Å². The van der Waals surface area contributed by atoms with Gasteiger partial charge in [0.2, 0.25) is 10.0 Å². The molecule has 7 heteroatoms. The number of anilines is 1. The first-order chi connectivity index (χ1) is 15.3. The molecule has 0 aromatic heterocycles. The molecule has 1 atom stereocenters. The van der Waals surface area contributed by atoms with Crippen LogP contribution < -0.4 is 14.4 Å². The number of unbranched alkanes of at least 4 members (excludes halogenated alkanes) is 1. The highest BCUT2D eigenvalue weighted by Gasteiger charge is 2.21. The van der Waals surface area contributed by atoms with Crippen LogP contribution in [-0.4, -0.2) is 33.7 Å². The average Bonchev–Trinajstić information content (AvgIpc) is 2.78. The molecule has 2 rings (SSSR count). The molecule has 0 saturated heterocycles. The number of nitrogens with one attached hydrogen (secondary N) is 1. The van der Waals surface area contributed by atoms with Gasteiger partial charge >= 0.3 is 0 Å². The molecule has 0 aliphatic rings. The molecule has 0 radical (unpaired) electrons. The predicted octanol–water partition coefficient (Wildman–Crippen LogP) is 5.00. The van der Waals surface area contributed by atoms with E-state index in [0.29, 0.717) is 36.1 Å². The summed E-state index contributed by atoms with van der Waals surface area (Å²) >= 11 is 0. The average molecular weight is 461 g/mol. The van der Waals surface area contributed by atoms with Gasteiger partial charge in [-0.15, -0.1) is 0 Å². The first kappa shape index (κ1) is 25.7. The van der Waals surface area contributed by atoms with E-state index in [4.69, 9.17) is 4.74 Å². The van der Waals surface area contributed by atoms with Crippen LogP contribution in [0.1, 0.15) is 62.4 Å². The van der Waals surface area contributed by atoms with Gasteiger partial charge in [-0.25, -0.2) is 8.42 Å². The minimum Gasteiger partial charge on any atom is -0.492 e. The van der Waals surface area contributed by atoms with Gasteiger partial charge in [0.15, 0.2) is 0 Å². The number of ether oxygens (including phenoxy) is 1. The van der Waals surface area contributed by atoms with Gasteiger partial charge in [0.1, 0.15) is 5.75 Å². The molecule has 2 aromatic carbocycles. The number of sulfonamides is 1. The van der Waals surface area contributed by atoms with Gasteiger partial charge < -0.3 is 10.1 Å². The summed E-state index contributed by atoms with van der Waals surface area (Å²) in [6, 6.07) is 14.2. The highest BCUT2D eigenvalue weighted by atomic mass is 32.2. The minimum atomic E-state index is -3.54. The van der Waals surface area contributed by atoms with Crippen molar-refractivity contribution in [3.05, 3.63) is 59.7 Å². The Balaban J connectivity index is 2.11. The monoisotopic (exact) mass is 460 g/mol. The fourth-order valence-electron chi connectivity index (χ4n) is 3.53. The predicted molar refractivity (Wildman–Crippen MR) is 131 cm³/mol. The van der Waals surface area contributed by atoms with Crippen molar-refractivity contribution >= 4 is 21.6 Å². The maximum Gasteiger partial charge on any atom is 0.251 e. The number of hydrogen-bond acceptors (Lipinski definition) is 4. The van der Waals surface area contributed by atoms with Crippen molar-refractivity contribution in [2.45, 2.75) is 53.0 Å². The second-order valence-corrected chi connectivity index (χ2v) is 9.90. The summed E-state index contributed by atoms with van der Waals surface area (Å²) in [6.45, 7) is 7.45. The second kappa shape index (κ2) is 12.5. The summed E-state index contributed by atoms with van der Waals surface area (Å²) in [5, 5.41) is 3.03. The summed E-state index contributed by atoms with van der Waals surface area (Å²) in [5.74, 6) is 0.907. The van der Waals surface area contributed by atoms with E-state index in [2.05, 4.69) is 19.2 Å². The number of carbonyl (C=O) groups is 1. The molecule has 0 aliphatic carbocycles. The van der Waals surface area contributed by atoms with Crippen molar-refractivity contribution in [1.29, 1.82) is 0 Å². The molecule has 1 unspecified atom stereocenters. The van der Waals surface area contributed by atoms with Gasteiger partial charge in [-0.1, -0.05) is 57.4 Å². The van der Waals surface area contributed by atoms with E-state index in [0.717, 1.165) is 24.8 Å². The molecule has 0 aliphatic heterocycles. The van der Waals surface area contributed by atoms with Crippen LogP contribution in [0.2, 0.25) is 0 Å². The molecule has 176 valence electrons. The summed E-state index contributed by atoms with van der Waals surface area (Å²) in [7, 11) is -3.54. The number of nitrogens with zero attached hydrogens (tertiary/aromatic N) is 1. The lowest BCUT2D eigenvalue weighted by atomic mass is 9.99. The van der Waals surface area contributed by atoms with Gasteiger partial charge in [-0.3, -0.25) is 9.10 Å². The van der Waals surface area contributed by atoms with Gasteiger partial charge in [0.05, 0.1) is 25.1 Å². The fourth-order valence-corrected chi connectivity index (χ4v) is 4.42. The summed E-state index contributed by atoms with van der Waals surface area (Å²) in [4.78, 5) is 12.5. The van der Waals surface area contributed by atoms with Crippen LogP contribution in [0, 0.1) is 5.92 Å². The standard InChI is InChI=1S/C25H36N2O4S/c1-5-8-11-20(6-2)18-26-25(28)22-16-14-21(15-17-22)19-27(32(4,29)30)23-12-9-10-13-24(23)31-7-3/h9-10,12-17,20H,5-8,11,18-19H2,1-4H3,(H,26,28). The molecular formula is C25H36N2O4S. The van der Waals surface area contributed by atoms with Crippen LogP contribution in [0.25, 0.3) is 0 Å². The first-order valence-electron chi connectivity index (χ1n) is 11.4. The van der Waals surface area contributed by atoms with Gasteiger partial charge in [0, 0.05) is 12.1 Å². The smallest absolute Gasteiger partial charge is 0.251 e. The zero-order valence-corrected chi connectivity index (χ0v) is 20.5. The fraction of sp³-hybridized carbons (Fsp3) is 0.480. The molecule has 1 N–H and O–H groups in total. The maximum atomic E-state index is 12.5. The van der Waals surface area contributed by atoms with E-state index in [1.54, 1.807) is 42.5 Å². The van der Waals surface area contributed by atoms with Gasteiger partial charge in [0.25, 0.3) is 5.91 Å². The van der Waals surface area contributed by atoms with Crippen LogP contribution >= 0.6 is 0 Å². The molecule has 1 amide bonds. The van der Waals surface area contributed by atoms with Crippen LogP contribution in [0.4, 0.5) is 5.69 Å². The van der Waals surface area contributed by atoms with E-state index < -0.39 is 10.0 Å². The third-order valence-corrected chi connectivity index (χ3v) is 6.60. The molecule has 0 heterocycles. The van der Waals surface area contributed by atoms with Crippen molar-refractivity contribution in [1.82, 2.24) is 5.32 Å². The lowest BCUT2D eigenvalue weighted by Crippen LogP contribution is -2.30. The van der Waals surface area contributed by atoms with Crippen molar-refractivity contribution in [3.8, 4) is 5.75 Å². The molecule has 0 fully saturated rings. The van der Waals surface area contributed by atoms with E-state index in [-0.39, 0.29) is 12.5 Å². The minimum absolute atomic E-state index is 0.104. The number of hydrogen-bond donors (Lipinski definition) is 1. The number of carbonyl (C=O) groups excluding carboxylic acids is 1. The van der Waals surface area contributed by atoms with E-state index in [1.807, 2.05) is 13.0 Å². The molecular weight excluding hydrogens is 424 g/mol. The lowest BCUT2D eigenvalue weighted by Gasteiger charge is -2.24. The van der Waals surface area contributed by atoms with Crippen molar-refractivity contribution in [2.75, 3.05) is 23.7 Å². The zero-order valence-electron chi connectivity index (χ0n) is 19.6. The number of rotatable bonds is 13. The highest BCUT2D eigenvalue weighted by Crippen LogP contribution is 2.31. The Bertz CT molecular complexity index is 958. The van der Waals surface area contributed by atoms with Gasteiger partial charge in [-0.2, -0.15) is 0 Å². The van der Waals surface area contributed by atoms with Crippen molar-refractivity contribution in [3.63, 3.8) is 0 Å².